The number of carbonyl (C=O) groups is 2. The second-order valence-corrected chi connectivity index (χ2v) is 9.64. The van der Waals surface area contributed by atoms with Gasteiger partial charge in [0.15, 0.2) is 0 Å². The molecule has 0 radical (unpaired) electrons. The van der Waals surface area contributed by atoms with Crippen LogP contribution in [-0.2, 0) is 14.3 Å². The van der Waals surface area contributed by atoms with Crippen LogP contribution >= 0.6 is 0 Å². The quantitative estimate of drug-likeness (QED) is 0.764. The summed E-state index contributed by atoms with van der Waals surface area (Å²) in [7, 11) is 1.45. The maximum atomic E-state index is 12.6. The van der Waals surface area contributed by atoms with E-state index in [2.05, 4.69) is 17.1 Å². The van der Waals surface area contributed by atoms with E-state index >= 15 is 0 Å². The molecule has 5 nitrogen and oxygen atoms in total. The van der Waals surface area contributed by atoms with Crippen LogP contribution in [0.1, 0.15) is 58.3 Å². The molecule has 5 aliphatic rings. The number of nitrogens with zero attached hydrogens (tertiary/aromatic N) is 1. The summed E-state index contributed by atoms with van der Waals surface area (Å²) in [5.74, 6) is 2.80. The third-order valence-electron chi connectivity index (χ3n) is 7.87. The van der Waals surface area contributed by atoms with Crippen molar-refractivity contribution >= 4 is 11.9 Å². The van der Waals surface area contributed by atoms with E-state index in [1.807, 2.05) is 0 Å². The van der Waals surface area contributed by atoms with Gasteiger partial charge in [-0.05, 0) is 94.5 Å². The van der Waals surface area contributed by atoms with Crippen molar-refractivity contribution in [3.63, 3.8) is 0 Å². The number of carbonyl (C=O) groups excluding carboxylic acids is 2. The minimum atomic E-state index is -0.107. The molecule has 5 heteroatoms. The highest BCUT2D eigenvalue weighted by Crippen LogP contribution is 2.61. The third kappa shape index (κ3) is 3.51. The van der Waals surface area contributed by atoms with Crippen LogP contribution in [0.15, 0.2) is 0 Å². The minimum absolute atomic E-state index is 0.00487. The number of piperidine rings is 1. The van der Waals surface area contributed by atoms with Crippen molar-refractivity contribution in [1.82, 2.24) is 10.2 Å². The first-order chi connectivity index (χ1) is 12.5. The van der Waals surface area contributed by atoms with Gasteiger partial charge >= 0.3 is 5.97 Å². The van der Waals surface area contributed by atoms with Crippen molar-refractivity contribution < 1.29 is 14.3 Å². The first-order valence-electron chi connectivity index (χ1n) is 10.6. The molecule has 1 atom stereocenters. The minimum Gasteiger partial charge on any atom is -0.469 e. The molecule has 1 aliphatic heterocycles. The summed E-state index contributed by atoms with van der Waals surface area (Å²) in [5, 5.41) is 3.36. The number of methoxy groups -OCH3 is 1. The Morgan fingerprint density at radius 1 is 1.08 bits per heavy atom. The smallest absolute Gasteiger partial charge is 0.308 e. The summed E-state index contributed by atoms with van der Waals surface area (Å²) in [6, 6.07) is 0.288. The normalized spacial score (nSPS) is 38.2. The van der Waals surface area contributed by atoms with Crippen molar-refractivity contribution in [3.8, 4) is 0 Å². The second-order valence-electron chi connectivity index (χ2n) is 9.64. The molecule has 1 heterocycles. The van der Waals surface area contributed by atoms with Crippen LogP contribution in [0.25, 0.3) is 0 Å². The molecule has 26 heavy (non-hydrogen) atoms. The monoisotopic (exact) mass is 362 g/mol. The van der Waals surface area contributed by atoms with Crippen LogP contribution in [0.2, 0.25) is 0 Å². The Labute approximate surface area is 157 Å². The highest BCUT2D eigenvalue weighted by molar-refractivity contribution is 5.78. The molecule has 5 fully saturated rings. The number of rotatable bonds is 5. The van der Waals surface area contributed by atoms with Gasteiger partial charge in [0.05, 0.1) is 19.6 Å². The fraction of sp³-hybridized carbons (Fsp3) is 0.905. The number of ether oxygens (including phenoxy) is 1. The highest BCUT2D eigenvalue weighted by Gasteiger charge is 2.53. The van der Waals surface area contributed by atoms with E-state index in [1.54, 1.807) is 0 Å². The Kier molecular flexibility index (Phi) is 5.02. The van der Waals surface area contributed by atoms with Crippen molar-refractivity contribution in [2.75, 3.05) is 26.7 Å². The zero-order valence-corrected chi connectivity index (χ0v) is 16.3. The summed E-state index contributed by atoms with van der Waals surface area (Å²) >= 11 is 0. The summed E-state index contributed by atoms with van der Waals surface area (Å²) in [6.45, 7) is 4.32. The maximum Gasteiger partial charge on any atom is 0.308 e. The fourth-order valence-corrected chi connectivity index (χ4v) is 6.84. The molecule has 4 bridgehead atoms. The molecule has 1 N–H and O–H groups in total. The topological polar surface area (TPSA) is 58.6 Å². The maximum absolute atomic E-state index is 12.6. The van der Waals surface area contributed by atoms with E-state index in [0.29, 0.717) is 12.0 Å². The Morgan fingerprint density at radius 2 is 1.62 bits per heavy atom. The predicted molar refractivity (Wildman–Crippen MR) is 99.4 cm³/mol. The molecule has 0 aromatic heterocycles. The van der Waals surface area contributed by atoms with Gasteiger partial charge in [-0.3, -0.25) is 14.5 Å². The number of esters is 1. The summed E-state index contributed by atoms with van der Waals surface area (Å²) in [4.78, 5) is 26.5. The summed E-state index contributed by atoms with van der Waals surface area (Å²) in [6.07, 6.45) is 9.88. The molecule has 0 spiro atoms. The average molecular weight is 363 g/mol. The van der Waals surface area contributed by atoms with Gasteiger partial charge in [-0.15, -0.1) is 0 Å². The zero-order valence-electron chi connectivity index (χ0n) is 16.3. The number of likely N-dealkylation sites (tertiary alicyclic amines) is 1. The number of nitrogens with one attached hydrogen (secondary N) is 1. The zero-order chi connectivity index (χ0) is 18.3. The van der Waals surface area contributed by atoms with E-state index in [-0.39, 0.29) is 23.8 Å². The van der Waals surface area contributed by atoms with Gasteiger partial charge in [-0.2, -0.15) is 0 Å². The van der Waals surface area contributed by atoms with Crippen LogP contribution in [0.5, 0.6) is 0 Å². The highest BCUT2D eigenvalue weighted by atomic mass is 16.5. The lowest BCUT2D eigenvalue weighted by molar-refractivity contribution is -0.147. The van der Waals surface area contributed by atoms with Gasteiger partial charge in [0, 0.05) is 6.04 Å². The van der Waals surface area contributed by atoms with Crippen LogP contribution < -0.4 is 5.32 Å². The molecule has 1 saturated heterocycles. The van der Waals surface area contributed by atoms with Crippen LogP contribution in [-0.4, -0.2) is 49.6 Å². The lowest BCUT2D eigenvalue weighted by Gasteiger charge is -2.59. The molecule has 5 rings (SSSR count). The first-order valence-corrected chi connectivity index (χ1v) is 10.6. The van der Waals surface area contributed by atoms with Crippen molar-refractivity contribution in [1.29, 1.82) is 0 Å². The Balaban J connectivity index is 1.27. The van der Waals surface area contributed by atoms with Crippen LogP contribution in [0, 0.1) is 29.1 Å². The largest absolute Gasteiger partial charge is 0.469 e. The summed E-state index contributed by atoms with van der Waals surface area (Å²) in [5.41, 5.74) is 0.363. The average Bonchev–Trinajstić information content (AvgIpc) is 2.60. The SMILES string of the molecule is COC(=O)C1CCN(CC(=O)N[C@@H](C)C23CC4CC(CC(C4)C2)C3)CC1. The number of hydrogen-bond acceptors (Lipinski definition) is 4. The fourth-order valence-electron chi connectivity index (χ4n) is 6.84. The van der Waals surface area contributed by atoms with Gasteiger partial charge < -0.3 is 10.1 Å². The number of amides is 1. The van der Waals surface area contributed by atoms with Gasteiger partial charge in [0.1, 0.15) is 0 Å². The van der Waals surface area contributed by atoms with E-state index in [1.165, 1.54) is 45.6 Å². The second kappa shape index (κ2) is 7.14. The van der Waals surface area contributed by atoms with E-state index in [0.717, 1.165) is 43.7 Å². The van der Waals surface area contributed by atoms with Gasteiger partial charge in [-0.25, -0.2) is 0 Å². The van der Waals surface area contributed by atoms with Gasteiger partial charge in [-0.1, -0.05) is 0 Å². The molecule has 4 saturated carbocycles. The predicted octanol–water partition coefficient (Wildman–Crippen LogP) is 2.59. The number of hydrogen-bond donors (Lipinski definition) is 1. The Hall–Kier alpha value is -1.10. The van der Waals surface area contributed by atoms with Gasteiger partial charge in [0.25, 0.3) is 0 Å². The van der Waals surface area contributed by atoms with Crippen molar-refractivity contribution in [3.05, 3.63) is 0 Å². The van der Waals surface area contributed by atoms with E-state index in [9.17, 15) is 9.59 Å². The van der Waals surface area contributed by atoms with Crippen molar-refractivity contribution in [2.45, 2.75) is 64.3 Å². The molecular weight excluding hydrogens is 328 g/mol. The Bertz CT molecular complexity index is 518. The first kappa shape index (κ1) is 18.3. The Morgan fingerprint density at radius 3 is 2.12 bits per heavy atom. The molecule has 0 aromatic rings. The molecule has 0 unspecified atom stereocenters. The summed E-state index contributed by atoms with van der Waals surface area (Å²) < 4.78 is 4.84. The molecule has 146 valence electrons. The molecule has 4 aliphatic carbocycles. The molecule has 0 aromatic carbocycles. The molecule has 1 amide bonds. The third-order valence-corrected chi connectivity index (χ3v) is 7.87. The van der Waals surface area contributed by atoms with E-state index in [4.69, 9.17) is 4.74 Å². The van der Waals surface area contributed by atoms with Gasteiger partial charge in [0.2, 0.25) is 5.91 Å². The van der Waals surface area contributed by atoms with Crippen LogP contribution in [0.4, 0.5) is 0 Å². The van der Waals surface area contributed by atoms with Crippen molar-refractivity contribution in [2.24, 2.45) is 29.1 Å². The van der Waals surface area contributed by atoms with Crippen LogP contribution in [0.3, 0.4) is 0 Å². The lowest BCUT2D eigenvalue weighted by Crippen LogP contribution is -2.57. The lowest BCUT2D eigenvalue weighted by atomic mass is 9.48. The molecular formula is C21H34N2O3. The standard InChI is InChI=1S/C21H34N2O3/c1-14(21-10-15-7-16(11-21)9-17(8-15)12-21)22-19(24)13-23-5-3-18(4-6-23)20(25)26-2/h14-18H,3-13H2,1-2H3,(H,22,24)/t14-,15?,16?,17?,21?/m0/s1. The van der Waals surface area contributed by atoms with E-state index < -0.39 is 0 Å².